The van der Waals surface area contributed by atoms with Crippen molar-refractivity contribution in [1.29, 1.82) is 0 Å². The van der Waals surface area contributed by atoms with Gasteiger partial charge in [-0.25, -0.2) is 4.98 Å². The van der Waals surface area contributed by atoms with Crippen LogP contribution in [-0.4, -0.2) is 21.9 Å². The zero-order chi connectivity index (χ0) is 19.3. The Kier molecular flexibility index (Phi) is 6.01. The van der Waals surface area contributed by atoms with E-state index in [1.54, 1.807) is 24.3 Å². The molecule has 1 atom stereocenters. The average molecular weight is 367 g/mol. The summed E-state index contributed by atoms with van der Waals surface area (Å²) in [7, 11) is 0. The van der Waals surface area contributed by atoms with E-state index < -0.39 is 11.9 Å². The first-order valence-corrected chi connectivity index (χ1v) is 8.05. The Morgan fingerprint density at radius 3 is 2.31 bits per heavy atom. The van der Waals surface area contributed by atoms with Crippen molar-refractivity contribution in [2.24, 2.45) is 0 Å². The lowest BCUT2D eigenvalue weighted by atomic mass is 10.2. The molecule has 0 unspecified atom stereocenters. The second kappa shape index (κ2) is 8.03. The van der Waals surface area contributed by atoms with Crippen molar-refractivity contribution in [3.05, 3.63) is 36.0 Å². The van der Waals surface area contributed by atoms with Crippen molar-refractivity contribution < 1.29 is 18.0 Å². The van der Waals surface area contributed by atoms with E-state index in [4.69, 9.17) is 0 Å². The predicted molar refractivity (Wildman–Crippen MR) is 94.4 cm³/mol. The van der Waals surface area contributed by atoms with Gasteiger partial charge in [0.2, 0.25) is 11.9 Å². The molecule has 1 heterocycles. The second-order valence-corrected chi connectivity index (χ2v) is 5.80. The SMILES string of the molecule is CC[C@@H](C)Nc1nc(Nc2ccc(NC(C)=O)cc2)cc(C(F)(F)F)n1. The highest BCUT2D eigenvalue weighted by Gasteiger charge is 2.33. The van der Waals surface area contributed by atoms with E-state index in [1.165, 1.54) is 6.92 Å². The molecule has 1 aromatic carbocycles. The Balaban J connectivity index is 2.26. The summed E-state index contributed by atoms with van der Waals surface area (Å²) >= 11 is 0. The summed E-state index contributed by atoms with van der Waals surface area (Å²) in [5, 5.41) is 8.29. The number of carbonyl (C=O) groups excluding carboxylic acids is 1. The van der Waals surface area contributed by atoms with Gasteiger partial charge in [-0.2, -0.15) is 18.2 Å². The molecule has 1 aromatic heterocycles. The molecule has 0 spiro atoms. The molecule has 0 aliphatic carbocycles. The summed E-state index contributed by atoms with van der Waals surface area (Å²) in [6.45, 7) is 5.12. The summed E-state index contributed by atoms with van der Waals surface area (Å²) in [5.41, 5.74) is 0.0805. The topological polar surface area (TPSA) is 78.9 Å². The zero-order valence-corrected chi connectivity index (χ0v) is 14.6. The number of alkyl halides is 3. The van der Waals surface area contributed by atoms with Crippen LogP contribution in [0.25, 0.3) is 0 Å². The van der Waals surface area contributed by atoms with Crippen molar-refractivity contribution in [2.75, 3.05) is 16.0 Å². The molecule has 0 saturated carbocycles. The molecule has 9 heteroatoms. The number of nitrogens with zero attached hydrogens (tertiary/aromatic N) is 2. The number of hydrogen-bond acceptors (Lipinski definition) is 5. The third kappa shape index (κ3) is 5.61. The first kappa shape index (κ1) is 19.5. The summed E-state index contributed by atoms with van der Waals surface area (Å²) in [4.78, 5) is 18.7. The third-order valence-electron chi connectivity index (χ3n) is 3.48. The molecule has 2 rings (SSSR count). The minimum atomic E-state index is -4.58. The number of nitrogens with one attached hydrogen (secondary N) is 3. The van der Waals surface area contributed by atoms with Gasteiger partial charge in [0.25, 0.3) is 0 Å². The molecule has 6 nitrogen and oxygen atoms in total. The number of benzene rings is 1. The number of anilines is 4. The van der Waals surface area contributed by atoms with Gasteiger partial charge in [0.15, 0.2) is 5.69 Å². The molecular weight excluding hydrogens is 347 g/mol. The van der Waals surface area contributed by atoms with Crippen LogP contribution < -0.4 is 16.0 Å². The van der Waals surface area contributed by atoms with Crippen LogP contribution >= 0.6 is 0 Å². The van der Waals surface area contributed by atoms with E-state index in [-0.39, 0.29) is 23.7 Å². The highest BCUT2D eigenvalue weighted by molar-refractivity contribution is 5.88. The highest BCUT2D eigenvalue weighted by Crippen LogP contribution is 2.30. The van der Waals surface area contributed by atoms with Crippen LogP contribution in [0.2, 0.25) is 0 Å². The van der Waals surface area contributed by atoms with E-state index in [2.05, 4.69) is 25.9 Å². The van der Waals surface area contributed by atoms with Gasteiger partial charge >= 0.3 is 6.18 Å². The van der Waals surface area contributed by atoms with Gasteiger partial charge in [-0.15, -0.1) is 0 Å². The minimum Gasteiger partial charge on any atom is -0.352 e. The molecule has 1 amide bonds. The van der Waals surface area contributed by atoms with Gasteiger partial charge in [0, 0.05) is 30.4 Å². The van der Waals surface area contributed by atoms with Crippen LogP contribution in [0.4, 0.5) is 36.3 Å². The van der Waals surface area contributed by atoms with E-state index in [0.29, 0.717) is 17.8 Å². The third-order valence-corrected chi connectivity index (χ3v) is 3.48. The molecule has 3 N–H and O–H groups in total. The summed E-state index contributed by atoms with van der Waals surface area (Å²) in [6.07, 6.45) is -3.87. The van der Waals surface area contributed by atoms with Gasteiger partial charge in [0.05, 0.1) is 0 Å². The Hall–Kier alpha value is -2.84. The number of amides is 1. The van der Waals surface area contributed by atoms with Crippen molar-refractivity contribution >= 4 is 29.0 Å². The molecule has 0 saturated heterocycles. The van der Waals surface area contributed by atoms with E-state index in [0.717, 1.165) is 6.07 Å². The monoisotopic (exact) mass is 367 g/mol. The number of rotatable bonds is 6. The summed E-state index contributed by atoms with van der Waals surface area (Å²) in [6, 6.07) is 7.30. The highest BCUT2D eigenvalue weighted by atomic mass is 19.4. The minimum absolute atomic E-state index is 0.0189. The predicted octanol–water partition coefficient (Wildman–Crippen LogP) is 4.41. The maximum atomic E-state index is 13.1. The maximum absolute atomic E-state index is 13.1. The smallest absolute Gasteiger partial charge is 0.352 e. The molecule has 0 radical (unpaired) electrons. The molecule has 0 bridgehead atoms. The largest absolute Gasteiger partial charge is 0.433 e. The fourth-order valence-electron chi connectivity index (χ4n) is 2.03. The lowest BCUT2D eigenvalue weighted by Crippen LogP contribution is -2.18. The Bertz CT molecular complexity index is 762. The van der Waals surface area contributed by atoms with Gasteiger partial charge in [-0.3, -0.25) is 4.79 Å². The molecule has 2 aromatic rings. The zero-order valence-electron chi connectivity index (χ0n) is 14.6. The Morgan fingerprint density at radius 1 is 1.15 bits per heavy atom. The fraction of sp³-hybridized carbons (Fsp3) is 0.353. The number of halogens is 3. The molecule has 26 heavy (non-hydrogen) atoms. The number of carbonyl (C=O) groups is 1. The van der Waals surface area contributed by atoms with Crippen LogP contribution in [0.1, 0.15) is 32.9 Å². The lowest BCUT2D eigenvalue weighted by Gasteiger charge is -2.15. The molecule has 140 valence electrons. The molecular formula is C17H20F3N5O. The van der Waals surface area contributed by atoms with Crippen molar-refractivity contribution in [1.82, 2.24) is 9.97 Å². The van der Waals surface area contributed by atoms with Crippen LogP contribution in [0.15, 0.2) is 30.3 Å². The van der Waals surface area contributed by atoms with Crippen LogP contribution in [0, 0.1) is 0 Å². The summed E-state index contributed by atoms with van der Waals surface area (Å²) < 4.78 is 39.3. The lowest BCUT2D eigenvalue weighted by molar-refractivity contribution is -0.141. The van der Waals surface area contributed by atoms with E-state index >= 15 is 0 Å². The van der Waals surface area contributed by atoms with Gasteiger partial charge < -0.3 is 16.0 Å². The quantitative estimate of drug-likeness (QED) is 0.705. The standard InChI is InChI=1S/C17H20F3N5O/c1-4-10(2)21-16-24-14(17(18,19)20)9-15(25-16)23-13-7-5-12(6-8-13)22-11(3)26/h5-10H,4H2,1-3H3,(H,22,26)(H2,21,23,24,25)/t10-/m1/s1. The normalized spacial score (nSPS) is 12.4. The van der Waals surface area contributed by atoms with E-state index in [9.17, 15) is 18.0 Å². The maximum Gasteiger partial charge on any atom is 0.433 e. The van der Waals surface area contributed by atoms with Crippen LogP contribution in [-0.2, 0) is 11.0 Å². The van der Waals surface area contributed by atoms with Crippen molar-refractivity contribution in [2.45, 2.75) is 39.4 Å². The summed E-state index contributed by atoms with van der Waals surface area (Å²) in [5.74, 6) is -0.283. The molecule has 0 aliphatic heterocycles. The first-order chi connectivity index (χ1) is 12.2. The van der Waals surface area contributed by atoms with Crippen LogP contribution in [0.5, 0.6) is 0 Å². The Labute approximate surface area is 149 Å². The van der Waals surface area contributed by atoms with E-state index in [1.807, 2.05) is 13.8 Å². The van der Waals surface area contributed by atoms with Gasteiger partial charge in [-0.05, 0) is 37.6 Å². The van der Waals surface area contributed by atoms with Crippen molar-refractivity contribution in [3.8, 4) is 0 Å². The number of hydrogen-bond donors (Lipinski definition) is 3. The first-order valence-electron chi connectivity index (χ1n) is 8.05. The fourth-order valence-corrected chi connectivity index (χ4v) is 2.03. The van der Waals surface area contributed by atoms with Crippen LogP contribution in [0.3, 0.4) is 0 Å². The number of aromatic nitrogens is 2. The van der Waals surface area contributed by atoms with Crippen molar-refractivity contribution in [3.63, 3.8) is 0 Å². The average Bonchev–Trinajstić information content (AvgIpc) is 2.55. The van der Waals surface area contributed by atoms with Gasteiger partial charge in [-0.1, -0.05) is 6.92 Å². The Morgan fingerprint density at radius 2 is 1.77 bits per heavy atom. The molecule has 0 aliphatic rings. The second-order valence-electron chi connectivity index (χ2n) is 5.80. The molecule has 0 fully saturated rings. The van der Waals surface area contributed by atoms with Gasteiger partial charge in [0.1, 0.15) is 5.82 Å².